The molecule has 2 N–H and O–H groups in total. The summed E-state index contributed by atoms with van der Waals surface area (Å²) in [6.07, 6.45) is 0.872. The average Bonchev–Trinajstić information content (AvgIpc) is 2.96. The molecule has 2 unspecified atom stereocenters. The zero-order valence-corrected chi connectivity index (χ0v) is 14.8. The van der Waals surface area contributed by atoms with Crippen LogP contribution in [0.1, 0.15) is 19.4 Å². The number of hydrogen-bond acceptors (Lipinski definition) is 4. The number of fused-ring (bicyclic) bond motifs is 2. The van der Waals surface area contributed by atoms with Crippen molar-refractivity contribution < 1.29 is 14.3 Å². The van der Waals surface area contributed by atoms with Crippen LogP contribution in [0.25, 0.3) is 0 Å². The van der Waals surface area contributed by atoms with Crippen molar-refractivity contribution in [2.24, 2.45) is 0 Å². The van der Waals surface area contributed by atoms with Crippen LogP contribution in [0.2, 0.25) is 0 Å². The Labute approximate surface area is 152 Å². The molecule has 0 aliphatic carbocycles. The number of nitrogens with zero attached hydrogens (tertiary/aromatic N) is 1. The Hall–Kier alpha value is -3.02. The van der Waals surface area contributed by atoms with Gasteiger partial charge in [-0.05, 0) is 50.1 Å². The fourth-order valence-corrected chi connectivity index (χ4v) is 3.59. The molecule has 0 saturated heterocycles. The number of hydrogen-bond donors (Lipinski definition) is 2. The average molecular weight is 351 g/mol. The maximum atomic E-state index is 13.0. The van der Waals surface area contributed by atoms with E-state index < -0.39 is 6.04 Å². The van der Waals surface area contributed by atoms with Gasteiger partial charge in [-0.1, -0.05) is 18.2 Å². The van der Waals surface area contributed by atoms with Crippen LogP contribution >= 0.6 is 0 Å². The molecule has 2 aliphatic rings. The summed E-state index contributed by atoms with van der Waals surface area (Å²) in [5, 5.41) is 6.02. The van der Waals surface area contributed by atoms with Crippen molar-refractivity contribution in [2.75, 3.05) is 22.1 Å². The van der Waals surface area contributed by atoms with E-state index in [0.717, 1.165) is 17.8 Å². The minimum absolute atomic E-state index is 0.0282. The Balaban J connectivity index is 1.52. The minimum atomic E-state index is -0.401. The molecule has 2 aliphatic heterocycles. The lowest BCUT2D eigenvalue weighted by Gasteiger charge is -2.27. The highest BCUT2D eigenvalue weighted by molar-refractivity contribution is 6.01. The number of anilines is 3. The van der Waals surface area contributed by atoms with Gasteiger partial charge in [-0.2, -0.15) is 0 Å². The number of ether oxygens (including phenoxy) is 1. The van der Waals surface area contributed by atoms with Crippen LogP contribution in [0.3, 0.4) is 0 Å². The molecule has 0 radical (unpaired) electrons. The molecule has 0 spiro atoms. The molecular formula is C20H21N3O3. The van der Waals surface area contributed by atoms with E-state index in [1.165, 1.54) is 5.56 Å². The van der Waals surface area contributed by atoms with E-state index in [1.54, 1.807) is 12.1 Å². The van der Waals surface area contributed by atoms with E-state index >= 15 is 0 Å². The zero-order chi connectivity index (χ0) is 18.3. The second-order valence-electron chi connectivity index (χ2n) is 6.80. The van der Waals surface area contributed by atoms with Crippen molar-refractivity contribution >= 4 is 28.9 Å². The highest BCUT2D eigenvalue weighted by Crippen LogP contribution is 2.33. The van der Waals surface area contributed by atoms with Gasteiger partial charge in [-0.3, -0.25) is 9.59 Å². The number of carbonyl (C=O) groups excluding carboxylic acids is 2. The number of rotatable bonds is 3. The van der Waals surface area contributed by atoms with Gasteiger partial charge in [-0.15, -0.1) is 0 Å². The molecule has 2 amide bonds. The van der Waals surface area contributed by atoms with Crippen LogP contribution < -0.4 is 20.3 Å². The third-order valence-corrected chi connectivity index (χ3v) is 4.81. The van der Waals surface area contributed by atoms with Crippen molar-refractivity contribution in [3.8, 4) is 5.75 Å². The van der Waals surface area contributed by atoms with E-state index in [4.69, 9.17) is 4.74 Å². The molecule has 0 fully saturated rings. The van der Waals surface area contributed by atoms with Gasteiger partial charge < -0.3 is 20.3 Å². The number of benzene rings is 2. The summed E-state index contributed by atoms with van der Waals surface area (Å²) in [5.41, 5.74) is 3.57. The molecule has 2 aromatic rings. The van der Waals surface area contributed by atoms with E-state index in [1.807, 2.05) is 36.1 Å². The SMILES string of the molecule is CC(Nc1ccc2c(c1)NC(=O)CO2)C(=O)N1c2ccccc2CC1C. The van der Waals surface area contributed by atoms with E-state index in [-0.39, 0.29) is 24.5 Å². The van der Waals surface area contributed by atoms with Crippen molar-refractivity contribution in [1.82, 2.24) is 0 Å². The third-order valence-electron chi connectivity index (χ3n) is 4.81. The van der Waals surface area contributed by atoms with Gasteiger partial charge in [0.05, 0.1) is 5.69 Å². The Morgan fingerprint density at radius 2 is 2.12 bits per heavy atom. The predicted octanol–water partition coefficient (Wildman–Crippen LogP) is 2.80. The molecule has 4 rings (SSSR count). The standard InChI is InChI=1S/C20H21N3O3/c1-12-9-14-5-3-4-6-17(14)23(12)20(25)13(2)21-15-7-8-18-16(10-15)22-19(24)11-26-18/h3-8,10,12-13,21H,9,11H2,1-2H3,(H,22,24). The first-order valence-electron chi connectivity index (χ1n) is 8.77. The summed E-state index contributed by atoms with van der Waals surface area (Å²) in [7, 11) is 0. The van der Waals surface area contributed by atoms with E-state index in [2.05, 4.69) is 23.6 Å². The summed E-state index contributed by atoms with van der Waals surface area (Å²) in [6, 6.07) is 13.2. The molecule has 2 aromatic carbocycles. The lowest BCUT2D eigenvalue weighted by molar-refractivity contribution is -0.119. The van der Waals surface area contributed by atoms with Crippen molar-refractivity contribution in [3.63, 3.8) is 0 Å². The molecule has 26 heavy (non-hydrogen) atoms. The first kappa shape index (κ1) is 16.4. The van der Waals surface area contributed by atoms with Crippen LogP contribution in [-0.2, 0) is 16.0 Å². The van der Waals surface area contributed by atoms with E-state index in [0.29, 0.717) is 11.4 Å². The number of amides is 2. The maximum absolute atomic E-state index is 13.0. The summed E-state index contributed by atoms with van der Waals surface area (Å²) in [6.45, 7) is 3.95. The summed E-state index contributed by atoms with van der Waals surface area (Å²) >= 11 is 0. The van der Waals surface area contributed by atoms with Gasteiger partial charge in [0, 0.05) is 17.4 Å². The third kappa shape index (κ3) is 2.87. The van der Waals surface area contributed by atoms with E-state index in [9.17, 15) is 9.59 Å². The molecule has 0 bridgehead atoms. The number of nitrogens with one attached hydrogen (secondary N) is 2. The number of para-hydroxylation sites is 1. The molecule has 0 aromatic heterocycles. The zero-order valence-electron chi connectivity index (χ0n) is 14.8. The minimum Gasteiger partial charge on any atom is -0.482 e. The fourth-order valence-electron chi connectivity index (χ4n) is 3.59. The number of carbonyl (C=O) groups is 2. The fraction of sp³-hybridized carbons (Fsp3) is 0.300. The van der Waals surface area contributed by atoms with Gasteiger partial charge in [-0.25, -0.2) is 0 Å². The summed E-state index contributed by atoms with van der Waals surface area (Å²) in [5.74, 6) is 0.484. The monoisotopic (exact) mass is 351 g/mol. The topological polar surface area (TPSA) is 70.7 Å². The summed E-state index contributed by atoms with van der Waals surface area (Å²) in [4.78, 5) is 26.4. The van der Waals surface area contributed by atoms with Gasteiger partial charge in [0.1, 0.15) is 11.8 Å². The highest BCUT2D eigenvalue weighted by Gasteiger charge is 2.33. The Kier molecular flexibility index (Phi) is 4.03. The lowest BCUT2D eigenvalue weighted by atomic mass is 10.1. The molecule has 0 saturated carbocycles. The first-order valence-corrected chi connectivity index (χ1v) is 8.77. The molecule has 2 atom stereocenters. The Morgan fingerprint density at radius 1 is 1.31 bits per heavy atom. The van der Waals surface area contributed by atoms with Crippen LogP contribution in [-0.4, -0.2) is 30.5 Å². The largest absolute Gasteiger partial charge is 0.482 e. The maximum Gasteiger partial charge on any atom is 0.262 e. The molecule has 134 valence electrons. The Bertz CT molecular complexity index is 880. The van der Waals surface area contributed by atoms with Gasteiger partial charge in [0.2, 0.25) is 5.91 Å². The predicted molar refractivity (Wildman–Crippen MR) is 101 cm³/mol. The van der Waals surface area contributed by atoms with Gasteiger partial charge in [0.15, 0.2) is 6.61 Å². The van der Waals surface area contributed by atoms with Crippen molar-refractivity contribution in [2.45, 2.75) is 32.4 Å². The summed E-state index contributed by atoms with van der Waals surface area (Å²) < 4.78 is 5.36. The smallest absolute Gasteiger partial charge is 0.262 e. The van der Waals surface area contributed by atoms with Crippen molar-refractivity contribution in [3.05, 3.63) is 48.0 Å². The van der Waals surface area contributed by atoms with Crippen LogP contribution in [0, 0.1) is 0 Å². The lowest BCUT2D eigenvalue weighted by Crippen LogP contribution is -2.44. The van der Waals surface area contributed by atoms with Gasteiger partial charge >= 0.3 is 0 Å². The quantitative estimate of drug-likeness (QED) is 0.892. The van der Waals surface area contributed by atoms with Crippen LogP contribution in [0.15, 0.2) is 42.5 Å². The normalized spacial score (nSPS) is 19.1. The molecule has 6 nitrogen and oxygen atoms in total. The molecule has 2 heterocycles. The molecule has 6 heteroatoms. The van der Waals surface area contributed by atoms with Crippen LogP contribution in [0.4, 0.5) is 17.1 Å². The highest BCUT2D eigenvalue weighted by atomic mass is 16.5. The van der Waals surface area contributed by atoms with Crippen molar-refractivity contribution in [1.29, 1.82) is 0 Å². The Morgan fingerprint density at radius 3 is 2.96 bits per heavy atom. The first-order chi connectivity index (χ1) is 12.5. The second kappa shape index (κ2) is 6.37. The van der Waals surface area contributed by atoms with Gasteiger partial charge in [0.25, 0.3) is 5.91 Å². The second-order valence-corrected chi connectivity index (χ2v) is 6.80. The molecular weight excluding hydrogens is 330 g/mol. The van der Waals surface area contributed by atoms with Crippen LogP contribution in [0.5, 0.6) is 5.75 Å².